The molecule has 0 aliphatic heterocycles. The fraction of sp³-hybridized carbons (Fsp3) is 0. The lowest BCUT2D eigenvalue weighted by molar-refractivity contribution is 0.0734. The van der Waals surface area contributed by atoms with Crippen LogP contribution in [0.25, 0.3) is 0 Å². The van der Waals surface area contributed by atoms with Gasteiger partial charge in [-0.25, -0.2) is 4.79 Å². The second kappa shape index (κ2) is 7.53. The van der Waals surface area contributed by atoms with E-state index in [0.29, 0.717) is 21.9 Å². The van der Waals surface area contributed by atoms with Crippen LogP contribution in [0, 0.1) is 0 Å². The van der Waals surface area contributed by atoms with Gasteiger partial charge in [0.25, 0.3) is 0 Å². The minimum Gasteiger partial charge on any atom is -0.422 e. The van der Waals surface area contributed by atoms with Gasteiger partial charge in [-0.1, -0.05) is 23.7 Å². The summed E-state index contributed by atoms with van der Waals surface area (Å²) in [7, 11) is 0. The fourth-order valence-electron chi connectivity index (χ4n) is 1.59. The van der Waals surface area contributed by atoms with E-state index < -0.39 is 5.97 Å². The van der Waals surface area contributed by atoms with Crippen LogP contribution in [0.2, 0.25) is 5.02 Å². The van der Waals surface area contributed by atoms with Gasteiger partial charge in [-0.2, -0.15) is 5.10 Å². The van der Waals surface area contributed by atoms with E-state index >= 15 is 0 Å². The molecule has 0 amide bonds. The lowest BCUT2D eigenvalue weighted by Crippen LogP contribution is -2.24. The Morgan fingerprint density at radius 2 is 1.91 bits per heavy atom. The van der Waals surface area contributed by atoms with Crippen LogP contribution in [0.5, 0.6) is 5.75 Å². The number of hydrogen-bond acceptors (Lipinski definition) is 4. The van der Waals surface area contributed by atoms with Gasteiger partial charge in [-0.05, 0) is 48.6 Å². The number of nitrogens with one attached hydrogen (secondary N) is 1. The van der Waals surface area contributed by atoms with Gasteiger partial charge in [0.15, 0.2) is 5.11 Å². The van der Waals surface area contributed by atoms with Gasteiger partial charge >= 0.3 is 5.97 Å². The smallest absolute Gasteiger partial charge is 0.343 e. The number of hydrogen-bond donors (Lipinski definition) is 2. The van der Waals surface area contributed by atoms with Crippen LogP contribution >= 0.6 is 23.8 Å². The normalized spacial score (nSPS) is 10.4. The van der Waals surface area contributed by atoms with Crippen molar-refractivity contribution in [2.24, 2.45) is 10.8 Å². The molecule has 3 N–H and O–H groups in total. The van der Waals surface area contributed by atoms with Crippen molar-refractivity contribution in [1.82, 2.24) is 5.43 Å². The van der Waals surface area contributed by atoms with E-state index in [1.54, 1.807) is 48.5 Å². The third-order valence-corrected chi connectivity index (χ3v) is 2.92. The molecule has 0 aliphatic rings. The van der Waals surface area contributed by atoms with Crippen molar-refractivity contribution in [1.29, 1.82) is 0 Å². The number of ether oxygens (including phenoxy) is 1. The SMILES string of the molecule is NC(=S)N/N=C\c1ccccc1OC(=O)c1ccc(Cl)cc1. The number of rotatable bonds is 4. The molecule has 2 aromatic rings. The summed E-state index contributed by atoms with van der Waals surface area (Å²) in [5, 5.41) is 4.44. The molecule has 0 atom stereocenters. The third kappa shape index (κ3) is 4.54. The first-order valence-electron chi connectivity index (χ1n) is 6.21. The molecule has 0 aromatic heterocycles. The van der Waals surface area contributed by atoms with Crippen LogP contribution < -0.4 is 15.9 Å². The summed E-state index contributed by atoms with van der Waals surface area (Å²) in [5.41, 5.74) is 8.72. The highest BCUT2D eigenvalue weighted by molar-refractivity contribution is 7.80. The lowest BCUT2D eigenvalue weighted by Gasteiger charge is -2.07. The number of carbonyl (C=O) groups excluding carboxylic acids is 1. The number of carbonyl (C=O) groups is 1. The van der Waals surface area contributed by atoms with E-state index in [1.165, 1.54) is 6.21 Å². The summed E-state index contributed by atoms with van der Waals surface area (Å²) in [6, 6.07) is 13.4. The Kier molecular flexibility index (Phi) is 5.46. The van der Waals surface area contributed by atoms with Gasteiger partial charge in [0.1, 0.15) is 5.75 Å². The molecule has 5 nitrogen and oxygen atoms in total. The van der Waals surface area contributed by atoms with Gasteiger partial charge in [-0.15, -0.1) is 0 Å². The number of hydrazone groups is 1. The van der Waals surface area contributed by atoms with E-state index in [4.69, 9.17) is 22.1 Å². The molecule has 0 saturated heterocycles. The zero-order valence-electron chi connectivity index (χ0n) is 11.3. The maximum Gasteiger partial charge on any atom is 0.343 e. The number of esters is 1. The quantitative estimate of drug-likeness (QED) is 0.296. The second-order valence-electron chi connectivity index (χ2n) is 4.17. The monoisotopic (exact) mass is 333 g/mol. The van der Waals surface area contributed by atoms with Crippen molar-refractivity contribution < 1.29 is 9.53 Å². The zero-order chi connectivity index (χ0) is 15.9. The molecular formula is C15H12ClN3O2S. The van der Waals surface area contributed by atoms with Crippen molar-refractivity contribution in [2.45, 2.75) is 0 Å². The Hall–Kier alpha value is -2.44. The minimum absolute atomic E-state index is 0.0480. The largest absolute Gasteiger partial charge is 0.422 e. The van der Waals surface area contributed by atoms with Gasteiger partial charge in [-0.3, -0.25) is 5.43 Å². The highest BCUT2D eigenvalue weighted by atomic mass is 35.5. The van der Waals surface area contributed by atoms with Crippen molar-refractivity contribution in [3.8, 4) is 5.75 Å². The Balaban J connectivity index is 2.15. The third-order valence-electron chi connectivity index (χ3n) is 2.58. The maximum absolute atomic E-state index is 12.1. The molecule has 2 rings (SSSR count). The van der Waals surface area contributed by atoms with Crippen molar-refractivity contribution in [2.75, 3.05) is 0 Å². The molecule has 0 heterocycles. The predicted octanol–water partition coefficient (Wildman–Crippen LogP) is 2.73. The topological polar surface area (TPSA) is 76.7 Å². The summed E-state index contributed by atoms with van der Waals surface area (Å²) in [6.07, 6.45) is 1.46. The number of halogens is 1. The van der Waals surface area contributed by atoms with Crippen molar-refractivity contribution in [3.05, 3.63) is 64.7 Å². The van der Waals surface area contributed by atoms with Gasteiger partial charge in [0, 0.05) is 10.6 Å². The van der Waals surface area contributed by atoms with E-state index in [1.807, 2.05) is 0 Å². The summed E-state index contributed by atoms with van der Waals surface area (Å²) < 4.78 is 5.36. The first-order chi connectivity index (χ1) is 10.6. The first-order valence-corrected chi connectivity index (χ1v) is 7.00. The number of thiocarbonyl (C=S) groups is 1. The van der Waals surface area contributed by atoms with Crippen LogP contribution in [0.4, 0.5) is 0 Å². The van der Waals surface area contributed by atoms with Gasteiger partial charge in [0.05, 0.1) is 11.8 Å². The van der Waals surface area contributed by atoms with Crippen LogP contribution in [0.3, 0.4) is 0 Å². The fourth-order valence-corrected chi connectivity index (χ4v) is 1.77. The maximum atomic E-state index is 12.1. The zero-order valence-corrected chi connectivity index (χ0v) is 12.9. The number of nitrogens with zero attached hydrogens (tertiary/aromatic N) is 1. The Morgan fingerprint density at radius 1 is 1.23 bits per heavy atom. The van der Waals surface area contributed by atoms with Gasteiger partial charge in [0.2, 0.25) is 0 Å². The molecular weight excluding hydrogens is 322 g/mol. The van der Waals surface area contributed by atoms with Crippen molar-refractivity contribution >= 4 is 41.1 Å². The average molecular weight is 334 g/mol. The van der Waals surface area contributed by atoms with Crippen LogP contribution in [0.1, 0.15) is 15.9 Å². The van der Waals surface area contributed by atoms with E-state index in [2.05, 4.69) is 22.7 Å². The molecule has 112 valence electrons. The standard InChI is InChI=1S/C15H12ClN3O2S/c16-12-7-5-10(6-8-12)14(20)21-13-4-2-1-3-11(13)9-18-19-15(17)22/h1-9H,(H3,17,19,22)/b18-9-. The average Bonchev–Trinajstić information content (AvgIpc) is 2.49. The van der Waals surface area contributed by atoms with Crippen LogP contribution in [-0.4, -0.2) is 17.3 Å². The summed E-state index contributed by atoms with van der Waals surface area (Å²) in [4.78, 5) is 12.1. The first kappa shape index (κ1) is 15.9. The Bertz CT molecular complexity index is 717. The summed E-state index contributed by atoms with van der Waals surface area (Å²) in [6.45, 7) is 0. The van der Waals surface area contributed by atoms with E-state index in [0.717, 1.165) is 0 Å². The number of benzene rings is 2. The number of para-hydroxylation sites is 1. The highest BCUT2D eigenvalue weighted by Crippen LogP contribution is 2.18. The molecule has 7 heteroatoms. The number of nitrogens with two attached hydrogens (primary N) is 1. The Labute approximate surface area is 137 Å². The molecule has 0 fully saturated rings. The van der Waals surface area contributed by atoms with Crippen molar-refractivity contribution in [3.63, 3.8) is 0 Å². The summed E-state index contributed by atoms with van der Waals surface area (Å²) >= 11 is 10.4. The van der Waals surface area contributed by atoms with Gasteiger partial charge < -0.3 is 10.5 Å². The minimum atomic E-state index is -0.486. The molecule has 0 spiro atoms. The summed E-state index contributed by atoms with van der Waals surface area (Å²) in [5.74, 6) is -0.115. The second-order valence-corrected chi connectivity index (χ2v) is 5.04. The van der Waals surface area contributed by atoms with Crippen LogP contribution in [0.15, 0.2) is 53.6 Å². The molecule has 2 aromatic carbocycles. The molecule has 0 radical (unpaired) electrons. The van der Waals surface area contributed by atoms with E-state index in [9.17, 15) is 4.79 Å². The molecule has 22 heavy (non-hydrogen) atoms. The lowest BCUT2D eigenvalue weighted by atomic mass is 10.2. The molecule has 0 unspecified atom stereocenters. The Morgan fingerprint density at radius 3 is 2.59 bits per heavy atom. The van der Waals surface area contributed by atoms with Crippen LogP contribution in [-0.2, 0) is 0 Å². The molecule has 0 saturated carbocycles. The highest BCUT2D eigenvalue weighted by Gasteiger charge is 2.10. The van der Waals surface area contributed by atoms with E-state index in [-0.39, 0.29) is 5.11 Å². The predicted molar refractivity (Wildman–Crippen MR) is 90.4 cm³/mol. The molecule has 0 aliphatic carbocycles. The molecule has 0 bridgehead atoms.